The van der Waals surface area contributed by atoms with Gasteiger partial charge in [-0.05, 0) is 48.9 Å². The molecule has 0 atom stereocenters. The largest absolute Gasteiger partial charge is 0.378 e. The van der Waals surface area contributed by atoms with E-state index in [4.69, 9.17) is 4.74 Å². The quantitative estimate of drug-likeness (QED) is 0.730. The van der Waals surface area contributed by atoms with Gasteiger partial charge in [-0.15, -0.1) is 0 Å². The number of nitrogens with one attached hydrogen (secondary N) is 1. The van der Waals surface area contributed by atoms with Crippen LogP contribution in [-0.4, -0.2) is 71.3 Å². The Labute approximate surface area is 182 Å². The van der Waals surface area contributed by atoms with Gasteiger partial charge in [-0.25, -0.2) is 8.42 Å². The first kappa shape index (κ1) is 22.8. The van der Waals surface area contributed by atoms with Crippen molar-refractivity contribution in [1.29, 1.82) is 0 Å². The number of morpholine rings is 1. The summed E-state index contributed by atoms with van der Waals surface area (Å²) in [5.41, 5.74) is 2.60. The molecule has 1 aliphatic heterocycles. The van der Waals surface area contributed by atoms with E-state index < -0.39 is 15.7 Å². The molecule has 2 aromatic carbocycles. The number of sulfone groups is 1. The summed E-state index contributed by atoms with van der Waals surface area (Å²) < 4.78 is 28.9. The number of anilines is 2. The van der Waals surface area contributed by atoms with Gasteiger partial charge in [-0.2, -0.15) is 0 Å². The maximum atomic E-state index is 12.8. The Morgan fingerprint density at radius 3 is 2.35 bits per heavy atom. The van der Waals surface area contributed by atoms with E-state index in [-0.39, 0.29) is 22.9 Å². The van der Waals surface area contributed by atoms with Crippen molar-refractivity contribution in [3.63, 3.8) is 0 Å². The molecular weight excluding hydrogens is 418 g/mol. The number of carbonyl (C=O) groups is 2. The maximum absolute atomic E-state index is 12.8. The molecule has 2 aromatic rings. The number of likely N-dealkylation sites (N-methyl/N-ethyl adjacent to an activating group) is 1. The number of carbonyl (C=O) groups excluding carboxylic acids is 2. The van der Waals surface area contributed by atoms with Crippen LogP contribution in [0.15, 0.2) is 47.4 Å². The van der Waals surface area contributed by atoms with Crippen molar-refractivity contribution in [3.05, 3.63) is 53.6 Å². The smallest absolute Gasteiger partial charge is 0.254 e. The molecule has 0 radical (unpaired) electrons. The molecule has 0 bridgehead atoms. The molecule has 1 N–H and O–H groups in total. The van der Waals surface area contributed by atoms with Gasteiger partial charge in [0.1, 0.15) is 0 Å². The first-order valence-corrected chi connectivity index (χ1v) is 11.8. The number of ether oxygens (including phenoxy) is 1. The average Bonchev–Trinajstić information content (AvgIpc) is 2.74. The molecule has 2 amide bonds. The first-order valence-electron chi connectivity index (χ1n) is 9.94. The molecule has 0 spiro atoms. The van der Waals surface area contributed by atoms with E-state index in [1.54, 1.807) is 13.0 Å². The molecule has 0 saturated carbocycles. The first-order chi connectivity index (χ1) is 14.6. The van der Waals surface area contributed by atoms with Gasteiger partial charge in [0, 0.05) is 43.3 Å². The lowest BCUT2D eigenvalue weighted by atomic mass is 10.1. The van der Waals surface area contributed by atoms with E-state index >= 15 is 0 Å². The zero-order valence-corrected chi connectivity index (χ0v) is 18.7. The molecule has 0 aliphatic carbocycles. The molecule has 1 aliphatic rings. The topological polar surface area (TPSA) is 96.0 Å². The second-order valence-corrected chi connectivity index (χ2v) is 9.62. The molecular formula is C22H27N3O5S. The van der Waals surface area contributed by atoms with E-state index in [1.807, 2.05) is 24.3 Å². The van der Waals surface area contributed by atoms with E-state index in [9.17, 15) is 18.0 Å². The highest BCUT2D eigenvalue weighted by atomic mass is 32.2. The Morgan fingerprint density at radius 2 is 1.74 bits per heavy atom. The fourth-order valence-corrected chi connectivity index (χ4v) is 3.98. The van der Waals surface area contributed by atoms with E-state index in [0.717, 1.165) is 25.0 Å². The molecule has 3 rings (SSSR count). The van der Waals surface area contributed by atoms with Gasteiger partial charge >= 0.3 is 0 Å². The Hall–Kier alpha value is -2.91. The second-order valence-electron chi connectivity index (χ2n) is 7.60. The molecule has 9 heteroatoms. The van der Waals surface area contributed by atoms with Crippen molar-refractivity contribution in [3.8, 4) is 0 Å². The van der Waals surface area contributed by atoms with Crippen LogP contribution in [0, 0.1) is 6.92 Å². The molecule has 1 saturated heterocycles. The van der Waals surface area contributed by atoms with Crippen LogP contribution in [0.1, 0.15) is 15.9 Å². The minimum atomic E-state index is -3.44. The summed E-state index contributed by atoms with van der Waals surface area (Å²) in [6, 6.07) is 11.9. The van der Waals surface area contributed by atoms with Crippen LogP contribution in [0.2, 0.25) is 0 Å². The Morgan fingerprint density at radius 1 is 1.10 bits per heavy atom. The zero-order chi connectivity index (χ0) is 22.6. The normalized spacial score (nSPS) is 14.2. The van der Waals surface area contributed by atoms with Crippen LogP contribution >= 0.6 is 0 Å². The van der Waals surface area contributed by atoms with Crippen LogP contribution in [0.4, 0.5) is 11.4 Å². The predicted molar refractivity (Wildman–Crippen MR) is 119 cm³/mol. The monoisotopic (exact) mass is 445 g/mol. The summed E-state index contributed by atoms with van der Waals surface area (Å²) in [5.74, 6) is -0.757. The van der Waals surface area contributed by atoms with Crippen molar-refractivity contribution >= 4 is 33.0 Å². The third-order valence-electron chi connectivity index (χ3n) is 5.12. The van der Waals surface area contributed by atoms with E-state index in [1.165, 1.54) is 24.1 Å². The Balaban J connectivity index is 1.62. The summed E-state index contributed by atoms with van der Waals surface area (Å²) >= 11 is 0. The highest BCUT2D eigenvalue weighted by Crippen LogP contribution is 2.20. The van der Waals surface area contributed by atoms with Crippen LogP contribution in [0.3, 0.4) is 0 Å². The van der Waals surface area contributed by atoms with E-state index in [2.05, 4.69) is 10.2 Å². The number of rotatable bonds is 6. The van der Waals surface area contributed by atoms with Gasteiger partial charge in [-0.3, -0.25) is 9.59 Å². The second kappa shape index (κ2) is 9.49. The third-order valence-corrected chi connectivity index (χ3v) is 6.23. The lowest BCUT2D eigenvalue weighted by Crippen LogP contribution is -2.36. The number of amides is 2. The third kappa shape index (κ3) is 5.83. The van der Waals surface area contributed by atoms with Gasteiger partial charge in [0.25, 0.3) is 5.91 Å². The number of nitrogens with zero attached hydrogens (tertiary/aromatic N) is 2. The van der Waals surface area contributed by atoms with Crippen molar-refractivity contribution in [2.45, 2.75) is 11.8 Å². The average molecular weight is 446 g/mol. The number of benzene rings is 2. The van der Waals surface area contributed by atoms with Crippen LogP contribution < -0.4 is 10.2 Å². The summed E-state index contributed by atoms with van der Waals surface area (Å²) in [7, 11) is -1.93. The fraction of sp³-hybridized carbons (Fsp3) is 0.364. The SMILES string of the molecule is Cc1ccc(S(C)(=O)=O)cc1C(=O)N(C)CC(=O)Nc1ccc(N2CCOCC2)cc1. The molecule has 8 nitrogen and oxygen atoms in total. The summed E-state index contributed by atoms with van der Waals surface area (Å²) in [6.07, 6.45) is 1.09. The van der Waals surface area contributed by atoms with E-state index in [0.29, 0.717) is 24.5 Å². The van der Waals surface area contributed by atoms with Gasteiger partial charge in [0.2, 0.25) is 5.91 Å². The van der Waals surface area contributed by atoms with Crippen LogP contribution in [0.25, 0.3) is 0 Å². The van der Waals surface area contributed by atoms with Crippen molar-refractivity contribution in [1.82, 2.24) is 4.90 Å². The Bertz CT molecular complexity index is 1060. The summed E-state index contributed by atoms with van der Waals surface area (Å²) in [5, 5.41) is 2.79. The molecule has 31 heavy (non-hydrogen) atoms. The van der Waals surface area contributed by atoms with Gasteiger partial charge < -0.3 is 19.9 Å². The minimum Gasteiger partial charge on any atom is -0.378 e. The number of hydrogen-bond acceptors (Lipinski definition) is 6. The molecule has 1 fully saturated rings. The van der Waals surface area contributed by atoms with Crippen LogP contribution in [-0.2, 0) is 19.4 Å². The zero-order valence-electron chi connectivity index (χ0n) is 17.9. The molecule has 0 unspecified atom stereocenters. The van der Waals surface area contributed by atoms with Gasteiger partial charge in [0.15, 0.2) is 9.84 Å². The Kier molecular flexibility index (Phi) is 6.97. The van der Waals surface area contributed by atoms with Crippen molar-refractivity contribution in [2.24, 2.45) is 0 Å². The lowest BCUT2D eigenvalue weighted by Gasteiger charge is -2.28. The predicted octanol–water partition coefficient (Wildman–Crippen LogP) is 1.95. The lowest BCUT2D eigenvalue weighted by molar-refractivity contribution is -0.116. The minimum absolute atomic E-state index is 0.0691. The molecule has 166 valence electrons. The van der Waals surface area contributed by atoms with Crippen LogP contribution in [0.5, 0.6) is 0 Å². The number of aryl methyl sites for hydroxylation is 1. The maximum Gasteiger partial charge on any atom is 0.254 e. The summed E-state index contributed by atoms with van der Waals surface area (Å²) in [4.78, 5) is 28.8. The highest BCUT2D eigenvalue weighted by molar-refractivity contribution is 7.90. The van der Waals surface area contributed by atoms with Crippen molar-refractivity contribution < 1.29 is 22.7 Å². The summed E-state index contributed by atoms with van der Waals surface area (Å²) in [6.45, 7) is 4.63. The van der Waals surface area contributed by atoms with Crippen molar-refractivity contribution in [2.75, 3.05) is 56.4 Å². The molecule has 0 aromatic heterocycles. The fourth-order valence-electron chi connectivity index (χ4n) is 3.33. The number of hydrogen-bond donors (Lipinski definition) is 1. The van der Waals surface area contributed by atoms with Gasteiger partial charge in [-0.1, -0.05) is 6.07 Å². The molecule has 1 heterocycles. The van der Waals surface area contributed by atoms with Gasteiger partial charge in [0.05, 0.1) is 24.7 Å². The standard InChI is InChI=1S/C22H27N3O5S/c1-16-4-9-19(31(3,28)29)14-20(16)22(27)24(2)15-21(26)23-17-5-7-18(8-6-17)25-10-12-30-13-11-25/h4-9,14H,10-13,15H2,1-3H3,(H,23,26). The highest BCUT2D eigenvalue weighted by Gasteiger charge is 2.19.